The highest BCUT2D eigenvalue weighted by molar-refractivity contribution is 5.80. The maximum atomic E-state index is 5.69. The lowest BCUT2D eigenvalue weighted by Gasteiger charge is -2.05. The molecule has 3 aromatic rings. The smallest absolute Gasteiger partial charge is 0.146 e. The van der Waals surface area contributed by atoms with Gasteiger partial charge in [-0.2, -0.15) is 5.10 Å². The van der Waals surface area contributed by atoms with Crippen LogP contribution < -0.4 is 5.73 Å². The Morgan fingerprint density at radius 1 is 1.30 bits per heavy atom. The van der Waals surface area contributed by atoms with Gasteiger partial charge in [0.15, 0.2) is 0 Å². The summed E-state index contributed by atoms with van der Waals surface area (Å²) in [4.78, 5) is 8.81. The third-order valence-corrected chi connectivity index (χ3v) is 3.44. The summed E-state index contributed by atoms with van der Waals surface area (Å²) < 4.78 is 4.02. The van der Waals surface area contributed by atoms with Gasteiger partial charge >= 0.3 is 0 Å². The van der Waals surface area contributed by atoms with Gasteiger partial charge in [-0.15, -0.1) is 0 Å². The lowest BCUT2D eigenvalue weighted by molar-refractivity contribution is 0.595. The van der Waals surface area contributed by atoms with Crippen molar-refractivity contribution in [3.63, 3.8) is 0 Å². The minimum absolute atomic E-state index is 0.638. The molecule has 104 valence electrons. The van der Waals surface area contributed by atoms with Crippen molar-refractivity contribution in [2.24, 2.45) is 5.73 Å². The fraction of sp³-hybridized carbons (Fsp3) is 0.357. The van der Waals surface area contributed by atoms with Crippen molar-refractivity contribution in [1.29, 1.82) is 0 Å². The molecule has 0 amide bonds. The summed E-state index contributed by atoms with van der Waals surface area (Å²) in [5.74, 6) is 0.939. The monoisotopic (exact) mass is 270 g/mol. The minimum Gasteiger partial charge on any atom is -0.330 e. The summed E-state index contributed by atoms with van der Waals surface area (Å²) in [5, 5.41) is 5.37. The normalized spacial score (nSPS) is 11.3. The molecular weight excluding hydrogens is 252 g/mol. The van der Waals surface area contributed by atoms with Crippen LogP contribution in [0.2, 0.25) is 0 Å². The van der Waals surface area contributed by atoms with Crippen molar-refractivity contribution >= 4 is 11.0 Å². The van der Waals surface area contributed by atoms with Crippen molar-refractivity contribution in [2.75, 3.05) is 6.54 Å². The van der Waals surface area contributed by atoms with Crippen LogP contribution in [0.5, 0.6) is 0 Å². The quantitative estimate of drug-likeness (QED) is 0.756. The van der Waals surface area contributed by atoms with Crippen LogP contribution in [0.1, 0.15) is 18.3 Å². The Bertz CT molecular complexity index is 711. The maximum Gasteiger partial charge on any atom is 0.146 e. The molecule has 3 rings (SSSR count). The van der Waals surface area contributed by atoms with Crippen molar-refractivity contribution in [1.82, 2.24) is 24.3 Å². The van der Waals surface area contributed by atoms with E-state index in [0.29, 0.717) is 13.1 Å². The molecule has 0 aliphatic rings. The van der Waals surface area contributed by atoms with Crippen LogP contribution in [0.25, 0.3) is 11.0 Å². The molecule has 3 heterocycles. The van der Waals surface area contributed by atoms with E-state index >= 15 is 0 Å². The molecule has 0 spiro atoms. The van der Waals surface area contributed by atoms with Crippen LogP contribution in [-0.2, 0) is 19.5 Å². The summed E-state index contributed by atoms with van der Waals surface area (Å²) >= 11 is 0. The molecule has 2 N–H and O–H groups in total. The molecule has 0 saturated heterocycles. The number of nitrogens with zero attached hydrogens (tertiary/aromatic N) is 5. The Kier molecular flexibility index (Phi) is 3.47. The number of hydrogen-bond donors (Lipinski definition) is 1. The Hall–Kier alpha value is -2.21. The van der Waals surface area contributed by atoms with E-state index in [-0.39, 0.29) is 0 Å². The van der Waals surface area contributed by atoms with Crippen LogP contribution in [0, 0.1) is 0 Å². The van der Waals surface area contributed by atoms with E-state index in [0.717, 1.165) is 24.4 Å². The molecule has 0 fully saturated rings. The summed E-state index contributed by atoms with van der Waals surface area (Å²) in [6, 6.07) is 4.05. The molecule has 6 heteroatoms. The topological polar surface area (TPSA) is 74.5 Å². The Balaban J connectivity index is 2.03. The van der Waals surface area contributed by atoms with Gasteiger partial charge in [0, 0.05) is 24.3 Å². The van der Waals surface area contributed by atoms with Gasteiger partial charge < -0.3 is 10.3 Å². The van der Waals surface area contributed by atoms with Gasteiger partial charge in [0.05, 0.1) is 6.54 Å². The van der Waals surface area contributed by atoms with E-state index < -0.39 is 0 Å². The molecule has 0 atom stereocenters. The summed E-state index contributed by atoms with van der Waals surface area (Å²) in [5.41, 5.74) is 7.89. The number of nitrogens with two attached hydrogens (primary N) is 1. The first kappa shape index (κ1) is 12.8. The summed E-state index contributed by atoms with van der Waals surface area (Å²) in [6.45, 7) is 4.19. The Morgan fingerprint density at radius 3 is 3.00 bits per heavy atom. The lowest BCUT2D eigenvalue weighted by atomic mass is 10.2. The van der Waals surface area contributed by atoms with Crippen molar-refractivity contribution in [3.05, 3.63) is 42.2 Å². The molecular formula is C14H18N6. The number of rotatable bonds is 5. The van der Waals surface area contributed by atoms with Crippen molar-refractivity contribution < 1.29 is 0 Å². The SMILES string of the molecule is CCn1ncnc1Cn1cc(CCN)c2cccnc21. The van der Waals surface area contributed by atoms with Gasteiger partial charge in [-0.25, -0.2) is 14.6 Å². The van der Waals surface area contributed by atoms with Crippen LogP contribution in [0.4, 0.5) is 0 Å². The first-order valence-corrected chi connectivity index (χ1v) is 6.83. The predicted molar refractivity (Wildman–Crippen MR) is 77.3 cm³/mol. The molecule has 0 saturated carbocycles. The van der Waals surface area contributed by atoms with Gasteiger partial charge in [0.1, 0.15) is 17.8 Å². The van der Waals surface area contributed by atoms with Crippen molar-refractivity contribution in [2.45, 2.75) is 26.4 Å². The molecule has 0 radical (unpaired) electrons. The number of pyridine rings is 1. The van der Waals surface area contributed by atoms with Crippen LogP contribution in [0.3, 0.4) is 0 Å². The average Bonchev–Trinajstić information content (AvgIpc) is 3.06. The minimum atomic E-state index is 0.638. The van der Waals surface area contributed by atoms with E-state index in [1.165, 1.54) is 10.9 Å². The van der Waals surface area contributed by atoms with Gasteiger partial charge in [0.2, 0.25) is 0 Å². The van der Waals surface area contributed by atoms with Gasteiger partial charge in [0.25, 0.3) is 0 Å². The summed E-state index contributed by atoms with van der Waals surface area (Å²) in [6.07, 6.45) is 6.39. The molecule has 0 unspecified atom stereocenters. The highest BCUT2D eigenvalue weighted by atomic mass is 15.3. The average molecular weight is 270 g/mol. The van der Waals surface area contributed by atoms with E-state index in [2.05, 4.69) is 38.8 Å². The third-order valence-electron chi connectivity index (χ3n) is 3.44. The highest BCUT2D eigenvalue weighted by Gasteiger charge is 2.11. The standard InChI is InChI=1S/C14H18N6/c1-2-20-13(17-10-18-20)9-19-8-11(5-6-15)12-4-3-7-16-14(12)19/h3-4,7-8,10H,2,5-6,9,15H2,1H3. The zero-order valence-electron chi connectivity index (χ0n) is 11.5. The second kappa shape index (κ2) is 5.42. The number of aromatic nitrogens is 5. The first-order valence-electron chi connectivity index (χ1n) is 6.83. The van der Waals surface area contributed by atoms with Gasteiger partial charge in [-0.1, -0.05) is 0 Å². The van der Waals surface area contributed by atoms with E-state index in [1.807, 2.05) is 16.9 Å². The van der Waals surface area contributed by atoms with Gasteiger partial charge in [-0.3, -0.25) is 0 Å². The molecule has 0 bridgehead atoms. The van der Waals surface area contributed by atoms with E-state index in [1.54, 1.807) is 6.33 Å². The lowest BCUT2D eigenvalue weighted by Crippen LogP contribution is -2.09. The second-order valence-electron chi connectivity index (χ2n) is 4.69. The van der Waals surface area contributed by atoms with Gasteiger partial charge in [-0.05, 0) is 37.6 Å². The maximum absolute atomic E-state index is 5.69. The highest BCUT2D eigenvalue weighted by Crippen LogP contribution is 2.20. The first-order chi connectivity index (χ1) is 9.83. The largest absolute Gasteiger partial charge is 0.330 e. The Morgan fingerprint density at radius 2 is 2.20 bits per heavy atom. The number of fused-ring (bicyclic) bond motifs is 1. The molecule has 20 heavy (non-hydrogen) atoms. The zero-order valence-corrected chi connectivity index (χ0v) is 11.5. The fourth-order valence-electron chi connectivity index (χ4n) is 2.50. The molecule has 3 aromatic heterocycles. The molecule has 0 aromatic carbocycles. The third kappa shape index (κ3) is 2.18. The molecule has 6 nitrogen and oxygen atoms in total. The van der Waals surface area contributed by atoms with E-state index in [4.69, 9.17) is 5.73 Å². The van der Waals surface area contributed by atoms with E-state index in [9.17, 15) is 0 Å². The zero-order chi connectivity index (χ0) is 13.9. The van der Waals surface area contributed by atoms with Crippen LogP contribution >= 0.6 is 0 Å². The molecule has 0 aliphatic carbocycles. The van der Waals surface area contributed by atoms with Crippen LogP contribution in [-0.4, -0.2) is 30.9 Å². The Labute approximate surface area is 117 Å². The fourth-order valence-corrected chi connectivity index (χ4v) is 2.50. The molecule has 0 aliphatic heterocycles. The van der Waals surface area contributed by atoms with Crippen molar-refractivity contribution in [3.8, 4) is 0 Å². The predicted octanol–water partition coefficient (Wildman–Crippen LogP) is 1.20. The number of hydrogen-bond acceptors (Lipinski definition) is 4. The number of aryl methyl sites for hydroxylation is 1. The summed E-state index contributed by atoms with van der Waals surface area (Å²) in [7, 11) is 0. The second-order valence-corrected chi connectivity index (χ2v) is 4.69. The van der Waals surface area contributed by atoms with Crippen LogP contribution in [0.15, 0.2) is 30.9 Å².